The highest BCUT2D eigenvalue weighted by molar-refractivity contribution is 6.01. The van der Waals surface area contributed by atoms with E-state index in [4.69, 9.17) is 0 Å². The van der Waals surface area contributed by atoms with Crippen LogP contribution in [-0.2, 0) is 4.79 Å². The Morgan fingerprint density at radius 2 is 2.19 bits per heavy atom. The van der Waals surface area contributed by atoms with Crippen LogP contribution in [0.2, 0.25) is 0 Å². The Labute approximate surface area is 92.4 Å². The number of fused-ring (bicyclic) bond motifs is 1. The van der Waals surface area contributed by atoms with E-state index in [0.29, 0.717) is 18.3 Å². The number of nitrogens with zero attached hydrogens (tertiary/aromatic N) is 1. The van der Waals surface area contributed by atoms with E-state index >= 15 is 0 Å². The van der Waals surface area contributed by atoms with Gasteiger partial charge in [-0.25, -0.2) is 4.39 Å². The quantitative estimate of drug-likeness (QED) is 0.728. The summed E-state index contributed by atoms with van der Waals surface area (Å²) in [6.45, 7) is 2.01. The molecule has 1 amide bonds. The summed E-state index contributed by atoms with van der Waals surface area (Å²) in [4.78, 5) is 13.5. The third kappa shape index (κ3) is 1.44. The molecule has 0 aromatic heterocycles. The van der Waals surface area contributed by atoms with E-state index in [1.807, 2.05) is 4.90 Å². The Balaban J connectivity index is 2.01. The molecule has 84 valence electrons. The Morgan fingerprint density at radius 1 is 1.38 bits per heavy atom. The average molecular weight is 221 g/mol. The first-order valence-corrected chi connectivity index (χ1v) is 5.31. The van der Waals surface area contributed by atoms with Crippen LogP contribution in [0, 0.1) is 5.82 Å². The van der Waals surface area contributed by atoms with Crippen molar-refractivity contribution < 1.29 is 9.18 Å². The molecule has 2 aliphatic heterocycles. The lowest BCUT2D eigenvalue weighted by molar-refractivity contribution is -0.115. The van der Waals surface area contributed by atoms with E-state index in [1.165, 1.54) is 12.1 Å². The van der Waals surface area contributed by atoms with Crippen molar-refractivity contribution in [3.05, 3.63) is 24.0 Å². The van der Waals surface area contributed by atoms with Gasteiger partial charge in [-0.15, -0.1) is 0 Å². The summed E-state index contributed by atoms with van der Waals surface area (Å²) in [7, 11) is 0. The van der Waals surface area contributed by atoms with Gasteiger partial charge in [-0.05, 0) is 18.2 Å². The van der Waals surface area contributed by atoms with Crippen molar-refractivity contribution in [3.8, 4) is 0 Å². The van der Waals surface area contributed by atoms with Crippen molar-refractivity contribution in [1.29, 1.82) is 0 Å². The van der Waals surface area contributed by atoms with Crippen LogP contribution in [0.4, 0.5) is 15.8 Å². The van der Waals surface area contributed by atoms with Crippen LogP contribution in [0.3, 0.4) is 0 Å². The fraction of sp³-hybridized carbons (Fsp3) is 0.364. The number of benzene rings is 1. The first kappa shape index (κ1) is 9.59. The maximum absolute atomic E-state index is 13.2. The molecule has 0 atom stereocenters. The second kappa shape index (κ2) is 3.45. The zero-order chi connectivity index (χ0) is 11.1. The highest BCUT2D eigenvalue weighted by Crippen LogP contribution is 2.32. The van der Waals surface area contributed by atoms with E-state index in [2.05, 4.69) is 10.6 Å². The molecule has 5 heteroatoms. The molecule has 3 rings (SSSR count). The molecule has 0 bridgehead atoms. The number of halogens is 1. The minimum absolute atomic E-state index is 0.0361. The first-order valence-electron chi connectivity index (χ1n) is 5.31. The SMILES string of the molecule is O=C1CN(C2CNC2)c2cc(F)ccc2N1. The summed E-state index contributed by atoms with van der Waals surface area (Å²) >= 11 is 0. The van der Waals surface area contributed by atoms with Crippen molar-refractivity contribution in [2.45, 2.75) is 6.04 Å². The largest absolute Gasteiger partial charge is 0.355 e. The molecule has 0 spiro atoms. The number of carbonyl (C=O) groups is 1. The van der Waals surface area contributed by atoms with Crippen LogP contribution in [0.1, 0.15) is 0 Å². The van der Waals surface area contributed by atoms with Gasteiger partial charge in [0.2, 0.25) is 5.91 Å². The molecular formula is C11H12FN3O. The van der Waals surface area contributed by atoms with Crippen molar-refractivity contribution in [3.63, 3.8) is 0 Å². The molecule has 2 aliphatic rings. The van der Waals surface area contributed by atoms with Gasteiger partial charge in [0, 0.05) is 13.1 Å². The summed E-state index contributed by atoms with van der Waals surface area (Å²) in [5.74, 6) is -0.307. The topological polar surface area (TPSA) is 44.4 Å². The average Bonchev–Trinajstić information content (AvgIpc) is 2.16. The van der Waals surface area contributed by atoms with Gasteiger partial charge in [-0.3, -0.25) is 4.79 Å². The second-order valence-corrected chi connectivity index (χ2v) is 4.15. The molecule has 16 heavy (non-hydrogen) atoms. The van der Waals surface area contributed by atoms with Gasteiger partial charge in [0.15, 0.2) is 0 Å². The standard InChI is InChI=1S/C11H12FN3O/c12-7-1-2-9-10(3-7)15(6-11(16)14-9)8-4-13-5-8/h1-3,8,13H,4-6H2,(H,14,16). The Bertz CT molecular complexity index is 445. The summed E-state index contributed by atoms with van der Waals surface area (Å²) < 4.78 is 13.2. The fourth-order valence-corrected chi connectivity index (χ4v) is 2.10. The molecule has 2 heterocycles. The summed E-state index contributed by atoms with van der Waals surface area (Å²) in [5, 5.41) is 5.90. The summed E-state index contributed by atoms with van der Waals surface area (Å²) in [6.07, 6.45) is 0. The predicted molar refractivity (Wildman–Crippen MR) is 59.0 cm³/mol. The highest BCUT2D eigenvalue weighted by Gasteiger charge is 2.31. The molecule has 0 radical (unpaired) electrons. The molecule has 1 aromatic rings. The monoisotopic (exact) mass is 221 g/mol. The van der Waals surface area contributed by atoms with E-state index < -0.39 is 0 Å². The Morgan fingerprint density at radius 3 is 2.88 bits per heavy atom. The van der Waals surface area contributed by atoms with Crippen molar-refractivity contribution in [2.24, 2.45) is 0 Å². The lowest BCUT2D eigenvalue weighted by Crippen LogP contribution is -2.60. The van der Waals surface area contributed by atoms with E-state index in [-0.39, 0.29) is 11.7 Å². The van der Waals surface area contributed by atoms with Crippen molar-refractivity contribution in [1.82, 2.24) is 5.32 Å². The van der Waals surface area contributed by atoms with Crippen LogP contribution >= 0.6 is 0 Å². The minimum Gasteiger partial charge on any atom is -0.355 e. The van der Waals surface area contributed by atoms with E-state index in [0.717, 1.165) is 18.8 Å². The Hall–Kier alpha value is -1.62. The van der Waals surface area contributed by atoms with Gasteiger partial charge in [-0.1, -0.05) is 0 Å². The number of hydrogen-bond donors (Lipinski definition) is 2. The van der Waals surface area contributed by atoms with Crippen molar-refractivity contribution >= 4 is 17.3 Å². The highest BCUT2D eigenvalue weighted by atomic mass is 19.1. The van der Waals surface area contributed by atoms with Crippen LogP contribution in [0.25, 0.3) is 0 Å². The lowest BCUT2D eigenvalue weighted by atomic mass is 10.1. The van der Waals surface area contributed by atoms with Gasteiger partial charge in [0.05, 0.1) is 24.0 Å². The van der Waals surface area contributed by atoms with Crippen LogP contribution in [0.15, 0.2) is 18.2 Å². The zero-order valence-electron chi connectivity index (χ0n) is 8.66. The maximum Gasteiger partial charge on any atom is 0.243 e. The molecule has 4 nitrogen and oxygen atoms in total. The molecule has 1 fully saturated rings. The Kier molecular flexibility index (Phi) is 2.07. The molecular weight excluding hydrogens is 209 g/mol. The normalized spacial score (nSPS) is 20.1. The molecule has 0 unspecified atom stereocenters. The van der Waals surface area contributed by atoms with E-state index in [9.17, 15) is 9.18 Å². The number of hydrogen-bond acceptors (Lipinski definition) is 3. The molecule has 2 N–H and O–H groups in total. The molecule has 1 saturated heterocycles. The smallest absolute Gasteiger partial charge is 0.243 e. The number of amides is 1. The zero-order valence-corrected chi connectivity index (χ0v) is 8.66. The number of nitrogens with one attached hydrogen (secondary N) is 2. The molecule has 1 aromatic carbocycles. The van der Waals surface area contributed by atoms with Gasteiger partial charge in [-0.2, -0.15) is 0 Å². The van der Waals surface area contributed by atoms with Gasteiger partial charge in [0.25, 0.3) is 0 Å². The molecule has 0 aliphatic carbocycles. The second-order valence-electron chi connectivity index (χ2n) is 4.15. The van der Waals surface area contributed by atoms with E-state index in [1.54, 1.807) is 6.07 Å². The van der Waals surface area contributed by atoms with Crippen molar-refractivity contribution in [2.75, 3.05) is 29.9 Å². The van der Waals surface area contributed by atoms with Crippen LogP contribution < -0.4 is 15.5 Å². The lowest BCUT2D eigenvalue weighted by Gasteiger charge is -2.42. The maximum atomic E-state index is 13.2. The third-order valence-corrected chi connectivity index (χ3v) is 3.06. The summed E-state index contributed by atoms with van der Waals surface area (Å²) in [6, 6.07) is 4.75. The fourth-order valence-electron chi connectivity index (χ4n) is 2.10. The third-order valence-electron chi connectivity index (χ3n) is 3.06. The minimum atomic E-state index is -0.271. The van der Waals surface area contributed by atoms with Gasteiger partial charge >= 0.3 is 0 Å². The summed E-state index contributed by atoms with van der Waals surface area (Å²) in [5.41, 5.74) is 1.48. The first-order chi connectivity index (χ1) is 7.74. The number of carbonyl (C=O) groups excluding carboxylic acids is 1. The van der Waals surface area contributed by atoms with Crippen LogP contribution in [0.5, 0.6) is 0 Å². The van der Waals surface area contributed by atoms with Crippen LogP contribution in [-0.4, -0.2) is 31.6 Å². The van der Waals surface area contributed by atoms with Gasteiger partial charge < -0.3 is 15.5 Å². The van der Waals surface area contributed by atoms with Gasteiger partial charge in [0.1, 0.15) is 5.82 Å². The predicted octanol–water partition coefficient (Wildman–Crippen LogP) is 0.556. The number of anilines is 2. The molecule has 0 saturated carbocycles. The number of rotatable bonds is 1.